The summed E-state index contributed by atoms with van der Waals surface area (Å²) in [7, 11) is 0. The van der Waals surface area contributed by atoms with E-state index in [2.05, 4.69) is 4.98 Å². The average molecular weight is 242 g/mol. The fourth-order valence-corrected chi connectivity index (χ4v) is 2.40. The molecule has 1 aromatic carbocycles. The molecule has 1 aliphatic heterocycles. The standard InChI is InChI=1S/C14H14N2O2/c17-13-9-12(14(18)16-7-3-4-8-16)15-11-6-2-1-5-10(11)13/h1-2,5-6,9H,3-4,7-8H2,(H,15,17). The van der Waals surface area contributed by atoms with Gasteiger partial charge in [0.25, 0.3) is 5.91 Å². The molecule has 0 bridgehead atoms. The Kier molecular flexibility index (Phi) is 2.63. The molecule has 4 heteroatoms. The van der Waals surface area contributed by atoms with Crippen molar-refractivity contribution in [1.82, 2.24) is 9.88 Å². The van der Waals surface area contributed by atoms with Gasteiger partial charge in [-0.2, -0.15) is 0 Å². The van der Waals surface area contributed by atoms with Crippen LogP contribution in [-0.4, -0.2) is 28.9 Å². The number of aromatic amines is 1. The van der Waals surface area contributed by atoms with Gasteiger partial charge in [0.1, 0.15) is 5.69 Å². The van der Waals surface area contributed by atoms with Crippen LogP contribution in [0.1, 0.15) is 23.3 Å². The van der Waals surface area contributed by atoms with Gasteiger partial charge < -0.3 is 9.88 Å². The molecule has 2 heterocycles. The Labute approximate surface area is 104 Å². The molecule has 1 amide bonds. The Morgan fingerprint density at radius 2 is 1.89 bits per heavy atom. The van der Waals surface area contributed by atoms with Crippen molar-refractivity contribution < 1.29 is 4.79 Å². The molecular formula is C14H14N2O2. The van der Waals surface area contributed by atoms with Crippen LogP contribution in [0.2, 0.25) is 0 Å². The van der Waals surface area contributed by atoms with Gasteiger partial charge in [-0.3, -0.25) is 9.59 Å². The van der Waals surface area contributed by atoms with Gasteiger partial charge in [-0.05, 0) is 25.0 Å². The molecule has 0 radical (unpaired) electrons. The van der Waals surface area contributed by atoms with Gasteiger partial charge in [0.15, 0.2) is 5.43 Å². The Bertz CT molecular complexity index is 654. The molecule has 2 aromatic rings. The summed E-state index contributed by atoms with van der Waals surface area (Å²) in [5.74, 6) is -0.0737. The minimum Gasteiger partial charge on any atom is -0.350 e. The SMILES string of the molecule is O=C(c1cc(=O)c2ccccc2[nH]1)N1CCCC1. The largest absolute Gasteiger partial charge is 0.350 e. The number of carbonyl (C=O) groups is 1. The number of carbonyl (C=O) groups excluding carboxylic acids is 1. The topological polar surface area (TPSA) is 53.2 Å². The molecule has 1 aliphatic rings. The Balaban J connectivity index is 2.07. The minimum atomic E-state index is -0.105. The second-order valence-corrected chi connectivity index (χ2v) is 4.59. The van der Waals surface area contributed by atoms with Crippen molar-refractivity contribution in [2.24, 2.45) is 0 Å². The lowest BCUT2D eigenvalue weighted by molar-refractivity contribution is 0.0787. The summed E-state index contributed by atoms with van der Waals surface area (Å²) in [6.45, 7) is 1.57. The zero-order valence-corrected chi connectivity index (χ0v) is 9.98. The monoisotopic (exact) mass is 242 g/mol. The van der Waals surface area contributed by atoms with Crippen LogP contribution in [0.5, 0.6) is 0 Å². The second kappa shape index (κ2) is 4.29. The van der Waals surface area contributed by atoms with E-state index in [0.717, 1.165) is 25.9 Å². The van der Waals surface area contributed by atoms with Crippen LogP contribution in [0.15, 0.2) is 35.1 Å². The molecule has 1 saturated heterocycles. The van der Waals surface area contributed by atoms with Crippen LogP contribution in [0.25, 0.3) is 10.9 Å². The van der Waals surface area contributed by atoms with Crippen molar-refractivity contribution in [2.75, 3.05) is 13.1 Å². The lowest BCUT2D eigenvalue weighted by Gasteiger charge is -2.15. The van der Waals surface area contributed by atoms with Gasteiger partial charge in [-0.15, -0.1) is 0 Å². The zero-order valence-electron chi connectivity index (χ0n) is 9.98. The fourth-order valence-electron chi connectivity index (χ4n) is 2.40. The molecule has 1 fully saturated rings. The van der Waals surface area contributed by atoms with E-state index in [-0.39, 0.29) is 11.3 Å². The van der Waals surface area contributed by atoms with E-state index in [0.29, 0.717) is 16.6 Å². The highest BCUT2D eigenvalue weighted by Crippen LogP contribution is 2.13. The molecule has 1 aromatic heterocycles. The number of nitrogens with one attached hydrogen (secondary N) is 1. The number of para-hydroxylation sites is 1. The van der Waals surface area contributed by atoms with Crippen LogP contribution in [0.3, 0.4) is 0 Å². The third-order valence-electron chi connectivity index (χ3n) is 3.36. The fraction of sp³-hybridized carbons (Fsp3) is 0.286. The van der Waals surface area contributed by atoms with Crippen LogP contribution in [0.4, 0.5) is 0 Å². The molecule has 0 spiro atoms. The summed E-state index contributed by atoms with van der Waals surface area (Å²) < 4.78 is 0. The van der Waals surface area contributed by atoms with Gasteiger partial charge in [0.05, 0.1) is 0 Å². The van der Waals surface area contributed by atoms with Gasteiger partial charge in [-0.25, -0.2) is 0 Å². The van der Waals surface area contributed by atoms with Crippen molar-refractivity contribution in [2.45, 2.75) is 12.8 Å². The molecule has 0 saturated carbocycles. The molecule has 0 atom stereocenters. The van der Waals surface area contributed by atoms with Gasteiger partial charge in [0.2, 0.25) is 0 Å². The summed E-state index contributed by atoms with van der Waals surface area (Å²) in [4.78, 5) is 29.0. The van der Waals surface area contributed by atoms with E-state index in [1.165, 1.54) is 6.07 Å². The maximum absolute atomic E-state index is 12.2. The number of amides is 1. The maximum Gasteiger partial charge on any atom is 0.270 e. The summed E-state index contributed by atoms with van der Waals surface area (Å²) >= 11 is 0. The molecular weight excluding hydrogens is 228 g/mol. The summed E-state index contributed by atoms with van der Waals surface area (Å²) in [5, 5.41) is 0.621. The number of rotatable bonds is 1. The molecule has 4 nitrogen and oxygen atoms in total. The molecule has 18 heavy (non-hydrogen) atoms. The van der Waals surface area contributed by atoms with Crippen molar-refractivity contribution in [1.29, 1.82) is 0 Å². The van der Waals surface area contributed by atoms with Crippen LogP contribution >= 0.6 is 0 Å². The smallest absolute Gasteiger partial charge is 0.270 e. The Hall–Kier alpha value is -2.10. The highest BCUT2D eigenvalue weighted by atomic mass is 16.2. The number of hydrogen-bond acceptors (Lipinski definition) is 2. The first-order valence-electron chi connectivity index (χ1n) is 6.17. The molecule has 92 valence electrons. The first-order valence-corrected chi connectivity index (χ1v) is 6.17. The van der Waals surface area contributed by atoms with Crippen molar-refractivity contribution >= 4 is 16.8 Å². The van der Waals surface area contributed by atoms with Gasteiger partial charge in [-0.1, -0.05) is 12.1 Å². The molecule has 0 aliphatic carbocycles. The van der Waals surface area contributed by atoms with E-state index in [4.69, 9.17) is 0 Å². The molecule has 1 N–H and O–H groups in total. The van der Waals surface area contributed by atoms with Crippen molar-refractivity contribution in [3.8, 4) is 0 Å². The summed E-state index contributed by atoms with van der Waals surface area (Å²) in [6.07, 6.45) is 2.09. The van der Waals surface area contributed by atoms with Gasteiger partial charge >= 0.3 is 0 Å². The van der Waals surface area contributed by atoms with E-state index in [1.54, 1.807) is 11.0 Å². The lowest BCUT2D eigenvalue weighted by Crippen LogP contribution is -2.29. The van der Waals surface area contributed by atoms with Crippen LogP contribution in [-0.2, 0) is 0 Å². The lowest BCUT2D eigenvalue weighted by atomic mass is 10.2. The molecule has 0 unspecified atom stereocenters. The minimum absolute atomic E-state index is 0.0737. The summed E-state index contributed by atoms with van der Waals surface area (Å²) in [5.41, 5.74) is 1.00. The maximum atomic E-state index is 12.2. The first kappa shape index (κ1) is 11.0. The van der Waals surface area contributed by atoms with Gasteiger partial charge in [0, 0.05) is 30.1 Å². The number of H-pyrrole nitrogens is 1. The Morgan fingerprint density at radius 1 is 1.17 bits per heavy atom. The van der Waals surface area contributed by atoms with Crippen LogP contribution < -0.4 is 5.43 Å². The van der Waals surface area contributed by atoms with Crippen molar-refractivity contribution in [3.63, 3.8) is 0 Å². The summed E-state index contributed by atoms with van der Waals surface area (Å²) in [6, 6.07) is 8.65. The van der Waals surface area contributed by atoms with E-state index in [1.807, 2.05) is 18.2 Å². The number of nitrogens with zero attached hydrogens (tertiary/aromatic N) is 1. The highest BCUT2D eigenvalue weighted by Gasteiger charge is 2.20. The predicted molar refractivity (Wildman–Crippen MR) is 69.7 cm³/mol. The first-order chi connectivity index (χ1) is 8.75. The van der Waals surface area contributed by atoms with E-state index in [9.17, 15) is 9.59 Å². The third-order valence-corrected chi connectivity index (χ3v) is 3.36. The third kappa shape index (κ3) is 1.79. The van der Waals surface area contributed by atoms with E-state index >= 15 is 0 Å². The van der Waals surface area contributed by atoms with E-state index < -0.39 is 0 Å². The molecule has 3 rings (SSSR count). The number of likely N-dealkylation sites (tertiary alicyclic amines) is 1. The second-order valence-electron chi connectivity index (χ2n) is 4.59. The number of aromatic nitrogens is 1. The quantitative estimate of drug-likeness (QED) is 0.828. The number of fused-ring (bicyclic) bond motifs is 1. The predicted octanol–water partition coefficient (Wildman–Crippen LogP) is 1.76. The van der Waals surface area contributed by atoms with Crippen LogP contribution in [0, 0.1) is 0 Å². The van der Waals surface area contributed by atoms with Crippen molar-refractivity contribution in [3.05, 3.63) is 46.2 Å². The number of hydrogen-bond donors (Lipinski definition) is 1. The average Bonchev–Trinajstić information content (AvgIpc) is 2.91. The normalized spacial score (nSPS) is 15.2. The number of pyridine rings is 1. The number of benzene rings is 1. The zero-order chi connectivity index (χ0) is 12.5. The highest BCUT2D eigenvalue weighted by molar-refractivity contribution is 5.94. The Morgan fingerprint density at radius 3 is 2.67 bits per heavy atom.